The Morgan fingerprint density at radius 2 is 2.17 bits per heavy atom. The lowest BCUT2D eigenvalue weighted by Gasteiger charge is -2.49. The number of methoxy groups -OCH3 is 1. The largest absolute Gasteiger partial charge is 0.497 e. The van der Waals surface area contributed by atoms with Crippen LogP contribution in [0.4, 0.5) is 5.95 Å². The maximum atomic E-state index is 13.0. The van der Waals surface area contributed by atoms with E-state index < -0.39 is 11.5 Å². The van der Waals surface area contributed by atoms with Crippen molar-refractivity contribution in [2.24, 2.45) is 5.41 Å². The molecule has 0 bridgehead atoms. The van der Waals surface area contributed by atoms with Crippen molar-refractivity contribution in [2.75, 3.05) is 31.6 Å². The molecular weight excluding hydrogens is 368 g/mol. The van der Waals surface area contributed by atoms with Crippen molar-refractivity contribution < 1.29 is 14.6 Å². The van der Waals surface area contributed by atoms with Crippen LogP contribution in [0.25, 0.3) is 0 Å². The normalized spacial score (nSPS) is 16.1. The van der Waals surface area contributed by atoms with Gasteiger partial charge < -0.3 is 20.1 Å². The standard InChI is InChI=1S/C22H30N4O3/c1-5-19-15(2)11-24-21(25-19)26-13-22(14-26,20(28)23-12-16(3)27)10-17-7-6-8-18(9-17)29-4/h6-9,11,16,27H,5,10,12-14H2,1-4H3,(H,23,28). The van der Waals surface area contributed by atoms with Gasteiger partial charge in [-0.25, -0.2) is 9.97 Å². The third kappa shape index (κ3) is 4.67. The molecule has 0 aliphatic carbocycles. The number of nitrogens with zero attached hydrogens (tertiary/aromatic N) is 3. The summed E-state index contributed by atoms with van der Waals surface area (Å²) in [5.74, 6) is 1.38. The SMILES string of the molecule is CCc1nc(N2CC(Cc3cccc(OC)c3)(C(=O)NCC(C)O)C2)ncc1C. The summed E-state index contributed by atoms with van der Waals surface area (Å²) < 4.78 is 5.32. The summed E-state index contributed by atoms with van der Waals surface area (Å²) in [5, 5.41) is 12.5. The van der Waals surface area contributed by atoms with E-state index >= 15 is 0 Å². The molecule has 1 aromatic carbocycles. The van der Waals surface area contributed by atoms with Crippen molar-refractivity contribution in [3.05, 3.63) is 47.3 Å². The minimum absolute atomic E-state index is 0.0553. The second-order valence-electron chi connectivity index (χ2n) is 7.88. The zero-order valence-corrected chi connectivity index (χ0v) is 17.6. The third-order valence-corrected chi connectivity index (χ3v) is 5.38. The van der Waals surface area contributed by atoms with Crippen molar-refractivity contribution in [3.63, 3.8) is 0 Å². The number of benzene rings is 1. The molecule has 1 amide bonds. The van der Waals surface area contributed by atoms with Gasteiger partial charge in [0.2, 0.25) is 11.9 Å². The van der Waals surface area contributed by atoms with E-state index in [1.165, 1.54) is 0 Å². The van der Waals surface area contributed by atoms with Crippen LogP contribution in [0, 0.1) is 12.3 Å². The Labute approximate surface area is 172 Å². The summed E-state index contributed by atoms with van der Waals surface area (Å²) in [6.07, 6.45) is 2.69. The van der Waals surface area contributed by atoms with E-state index in [1.54, 1.807) is 14.0 Å². The molecule has 7 heteroatoms. The van der Waals surface area contributed by atoms with Crippen molar-refractivity contribution in [3.8, 4) is 5.75 Å². The number of nitrogens with one attached hydrogen (secondary N) is 1. The van der Waals surface area contributed by atoms with Crippen LogP contribution in [0.2, 0.25) is 0 Å². The highest BCUT2D eigenvalue weighted by Gasteiger charge is 2.50. The van der Waals surface area contributed by atoms with Crippen LogP contribution in [0.1, 0.15) is 30.7 Å². The van der Waals surface area contributed by atoms with Gasteiger partial charge in [-0.1, -0.05) is 19.1 Å². The molecule has 2 aromatic rings. The average molecular weight is 399 g/mol. The van der Waals surface area contributed by atoms with Gasteiger partial charge in [-0.05, 0) is 49.9 Å². The van der Waals surface area contributed by atoms with Crippen molar-refractivity contribution in [1.29, 1.82) is 0 Å². The molecule has 0 spiro atoms. The summed E-state index contributed by atoms with van der Waals surface area (Å²) in [7, 11) is 1.63. The van der Waals surface area contributed by atoms with E-state index in [0.29, 0.717) is 25.5 Å². The lowest BCUT2D eigenvalue weighted by Crippen LogP contribution is -2.65. The highest BCUT2D eigenvalue weighted by atomic mass is 16.5. The summed E-state index contributed by atoms with van der Waals surface area (Å²) in [6, 6.07) is 7.79. The molecule has 0 saturated carbocycles. The van der Waals surface area contributed by atoms with E-state index in [1.807, 2.05) is 42.3 Å². The molecule has 1 aromatic heterocycles. The fourth-order valence-corrected chi connectivity index (χ4v) is 3.74. The van der Waals surface area contributed by atoms with Gasteiger partial charge in [-0.3, -0.25) is 4.79 Å². The Hall–Kier alpha value is -2.67. The molecule has 156 valence electrons. The minimum atomic E-state index is -0.595. The van der Waals surface area contributed by atoms with Crippen molar-refractivity contribution in [2.45, 2.75) is 39.7 Å². The van der Waals surface area contributed by atoms with E-state index in [0.717, 1.165) is 29.0 Å². The maximum absolute atomic E-state index is 13.0. The number of hydrogen-bond acceptors (Lipinski definition) is 6. The Bertz CT molecular complexity index is 863. The molecule has 0 radical (unpaired) electrons. The third-order valence-electron chi connectivity index (χ3n) is 5.38. The second kappa shape index (κ2) is 8.78. The lowest BCUT2D eigenvalue weighted by molar-refractivity contribution is -0.133. The summed E-state index contributed by atoms with van der Waals surface area (Å²) in [5.41, 5.74) is 2.55. The van der Waals surface area contributed by atoms with Crippen LogP contribution in [-0.2, 0) is 17.6 Å². The average Bonchev–Trinajstić information content (AvgIpc) is 2.69. The Balaban J connectivity index is 1.81. The number of carbonyl (C=O) groups excluding carboxylic acids is 1. The maximum Gasteiger partial charge on any atom is 0.230 e. The monoisotopic (exact) mass is 398 g/mol. The van der Waals surface area contributed by atoms with Crippen LogP contribution in [-0.4, -0.2) is 53.8 Å². The Kier molecular flexibility index (Phi) is 6.37. The van der Waals surface area contributed by atoms with Gasteiger partial charge in [-0.15, -0.1) is 0 Å². The number of hydrogen-bond donors (Lipinski definition) is 2. The number of rotatable bonds is 8. The summed E-state index contributed by atoms with van der Waals surface area (Å²) in [4.78, 5) is 24.2. The topological polar surface area (TPSA) is 87.6 Å². The molecule has 2 heterocycles. The van der Waals surface area contributed by atoms with Crippen LogP contribution < -0.4 is 15.0 Å². The van der Waals surface area contributed by atoms with Gasteiger partial charge >= 0.3 is 0 Å². The van der Waals surface area contributed by atoms with Crippen LogP contribution in [0.3, 0.4) is 0 Å². The van der Waals surface area contributed by atoms with Crippen molar-refractivity contribution in [1.82, 2.24) is 15.3 Å². The van der Waals surface area contributed by atoms with E-state index in [-0.39, 0.29) is 12.5 Å². The molecule has 1 atom stereocenters. The molecule has 29 heavy (non-hydrogen) atoms. The number of aliphatic hydroxyl groups is 1. The number of carbonyl (C=O) groups is 1. The van der Waals surface area contributed by atoms with Crippen LogP contribution in [0.5, 0.6) is 5.75 Å². The molecular formula is C22H30N4O3. The molecule has 1 saturated heterocycles. The predicted molar refractivity (Wildman–Crippen MR) is 112 cm³/mol. The first-order valence-electron chi connectivity index (χ1n) is 10.0. The fraction of sp³-hybridized carbons (Fsp3) is 0.500. The summed E-state index contributed by atoms with van der Waals surface area (Å²) >= 11 is 0. The molecule has 7 nitrogen and oxygen atoms in total. The summed E-state index contributed by atoms with van der Waals surface area (Å²) in [6.45, 7) is 7.04. The first-order chi connectivity index (χ1) is 13.9. The van der Waals surface area contributed by atoms with E-state index in [4.69, 9.17) is 4.74 Å². The van der Waals surface area contributed by atoms with Crippen LogP contribution >= 0.6 is 0 Å². The van der Waals surface area contributed by atoms with Crippen LogP contribution in [0.15, 0.2) is 30.5 Å². The predicted octanol–water partition coefficient (Wildman–Crippen LogP) is 1.90. The fourth-order valence-electron chi connectivity index (χ4n) is 3.74. The number of aryl methyl sites for hydroxylation is 2. The molecule has 1 unspecified atom stereocenters. The van der Waals surface area contributed by atoms with Gasteiger partial charge in [0.05, 0.1) is 18.6 Å². The van der Waals surface area contributed by atoms with Gasteiger partial charge in [0.25, 0.3) is 0 Å². The quantitative estimate of drug-likeness (QED) is 0.706. The number of amides is 1. The zero-order chi connectivity index (χ0) is 21.0. The second-order valence-corrected chi connectivity index (χ2v) is 7.88. The molecule has 1 aliphatic rings. The minimum Gasteiger partial charge on any atom is -0.497 e. The highest BCUT2D eigenvalue weighted by molar-refractivity contribution is 5.86. The van der Waals surface area contributed by atoms with Crippen molar-refractivity contribution >= 4 is 11.9 Å². The number of aromatic nitrogens is 2. The number of anilines is 1. The van der Waals surface area contributed by atoms with E-state index in [9.17, 15) is 9.90 Å². The van der Waals surface area contributed by atoms with Gasteiger partial charge in [0.15, 0.2) is 0 Å². The highest BCUT2D eigenvalue weighted by Crippen LogP contribution is 2.37. The molecule has 1 aliphatic heterocycles. The smallest absolute Gasteiger partial charge is 0.230 e. The van der Waals surface area contributed by atoms with Gasteiger partial charge in [0, 0.05) is 31.5 Å². The number of aliphatic hydroxyl groups excluding tert-OH is 1. The van der Waals surface area contributed by atoms with Gasteiger partial charge in [0.1, 0.15) is 5.75 Å². The molecule has 3 rings (SSSR count). The first kappa shape index (κ1) is 21.0. The molecule has 2 N–H and O–H groups in total. The Morgan fingerprint density at radius 1 is 1.41 bits per heavy atom. The number of ether oxygens (including phenoxy) is 1. The zero-order valence-electron chi connectivity index (χ0n) is 17.6. The lowest BCUT2D eigenvalue weighted by atomic mass is 9.74. The van der Waals surface area contributed by atoms with Gasteiger partial charge in [-0.2, -0.15) is 0 Å². The first-order valence-corrected chi connectivity index (χ1v) is 10.0. The Morgan fingerprint density at radius 3 is 2.83 bits per heavy atom. The van der Waals surface area contributed by atoms with E-state index in [2.05, 4.69) is 22.2 Å². The molecule has 1 fully saturated rings.